The van der Waals surface area contributed by atoms with Crippen LogP contribution in [0.4, 0.5) is 16.2 Å². The van der Waals surface area contributed by atoms with E-state index >= 15 is 0 Å². The molecule has 2 aromatic rings. The fourth-order valence-electron chi connectivity index (χ4n) is 5.73. The Labute approximate surface area is 252 Å². The van der Waals surface area contributed by atoms with Gasteiger partial charge in [0.15, 0.2) is 5.90 Å². The van der Waals surface area contributed by atoms with E-state index in [4.69, 9.17) is 37.4 Å². The highest BCUT2D eigenvalue weighted by Gasteiger charge is 2.25. The molecule has 222 valence electrons. The first kappa shape index (κ1) is 29.8. The summed E-state index contributed by atoms with van der Waals surface area (Å²) in [4.78, 5) is 21.3. The van der Waals surface area contributed by atoms with Crippen molar-refractivity contribution in [1.82, 2.24) is 10.2 Å². The number of unbranched alkanes of at least 4 members (excludes halogenated alkanes) is 1. The second-order valence-corrected chi connectivity index (χ2v) is 12.1. The number of carbonyl (C=O) groups is 1. The van der Waals surface area contributed by atoms with Crippen molar-refractivity contribution in [2.24, 2.45) is 16.8 Å². The Hall–Kier alpha value is -2.68. The zero-order chi connectivity index (χ0) is 28.6. The summed E-state index contributed by atoms with van der Waals surface area (Å²) in [6, 6.07) is 11.9. The Morgan fingerprint density at radius 2 is 1.88 bits per heavy atom. The Bertz CT molecular complexity index is 1210. The number of nitrogens with zero attached hydrogens (tertiary/aromatic N) is 3. The third kappa shape index (κ3) is 8.43. The third-order valence-electron chi connectivity index (χ3n) is 8.11. The molecule has 1 aliphatic carbocycles. The summed E-state index contributed by atoms with van der Waals surface area (Å²) < 4.78 is 16.8. The maximum Gasteiger partial charge on any atom is 0.410 e. The van der Waals surface area contributed by atoms with Crippen molar-refractivity contribution in [3.63, 3.8) is 0 Å². The van der Waals surface area contributed by atoms with Crippen LogP contribution in [0.2, 0.25) is 10.0 Å². The molecule has 5 rings (SSSR count). The van der Waals surface area contributed by atoms with Gasteiger partial charge in [0.2, 0.25) is 6.79 Å². The number of alkyl carbamates (subject to hydrolysis) is 1. The minimum absolute atomic E-state index is 0.138. The van der Waals surface area contributed by atoms with Crippen molar-refractivity contribution in [1.29, 1.82) is 0 Å². The first-order valence-corrected chi connectivity index (χ1v) is 15.5. The van der Waals surface area contributed by atoms with Crippen LogP contribution in [0.5, 0.6) is 5.75 Å². The second kappa shape index (κ2) is 14.5. The molecule has 0 unspecified atom stereocenters. The summed E-state index contributed by atoms with van der Waals surface area (Å²) in [6.07, 6.45) is 5.45. The molecule has 2 aliphatic heterocycles. The van der Waals surface area contributed by atoms with Crippen LogP contribution in [0.1, 0.15) is 44.6 Å². The van der Waals surface area contributed by atoms with E-state index in [0.717, 1.165) is 80.6 Å². The molecule has 2 heterocycles. The number of ether oxygens (including phenoxy) is 3. The molecule has 1 saturated carbocycles. The molecule has 10 heteroatoms. The van der Waals surface area contributed by atoms with E-state index in [1.807, 2.05) is 30.3 Å². The SMILES string of the molecule is CC1CC(CNC(=O)OCOC2=Nc3cc(OCCCCN4CCN(c5cccc(Cl)c5Cl)CC4)ccc3CC2)C1. The minimum atomic E-state index is -0.443. The van der Waals surface area contributed by atoms with Crippen molar-refractivity contribution >= 4 is 46.6 Å². The molecule has 2 fully saturated rings. The van der Waals surface area contributed by atoms with E-state index in [1.165, 1.54) is 12.8 Å². The summed E-state index contributed by atoms with van der Waals surface area (Å²) >= 11 is 12.6. The van der Waals surface area contributed by atoms with Gasteiger partial charge in [0, 0.05) is 45.2 Å². The van der Waals surface area contributed by atoms with Crippen LogP contribution in [0.25, 0.3) is 0 Å². The topological polar surface area (TPSA) is 75.6 Å². The van der Waals surface area contributed by atoms with Crippen LogP contribution in [0.15, 0.2) is 41.4 Å². The predicted molar refractivity (Wildman–Crippen MR) is 164 cm³/mol. The Kier molecular flexibility index (Phi) is 10.5. The van der Waals surface area contributed by atoms with Crippen molar-refractivity contribution in [3.05, 3.63) is 52.0 Å². The van der Waals surface area contributed by atoms with Gasteiger partial charge in [0.05, 0.1) is 28.0 Å². The summed E-state index contributed by atoms with van der Waals surface area (Å²) in [5.41, 5.74) is 3.03. The normalized spacial score (nSPS) is 20.5. The quantitative estimate of drug-likeness (QED) is 0.228. The smallest absolute Gasteiger partial charge is 0.410 e. The maximum atomic E-state index is 11.9. The zero-order valence-electron chi connectivity index (χ0n) is 23.7. The molecule has 0 atom stereocenters. The zero-order valence-corrected chi connectivity index (χ0v) is 25.3. The molecule has 0 aromatic heterocycles. The lowest BCUT2D eigenvalue weighted by molar-refractivity contribution is 0.0484. The van der Waals surface area contributed by atoms with E-state index < -0.39 is 6.09 Å². The van der Waals surface area contributed by atoms with Gasteiger partial charge in [0.25, 0.3) is 0 Å². The number of hydrogen-bond acceptors (Lipinski definition) is 7. The molecule has 0 radical (unpaired) electrons. The van der Waals surface area contributed by atoms with Gasteiger partial charge in [-0.05, 0) is 74.2 Å². The summed E-state index contributed by atoms with van der Waals surface area (Å²) in [5.74, 6) is 2.71. The number of benzene rings is 2. The van der Waals surface area contributed by atoms with Gasteiger partial charge >= 0.3 is 6.09 Å². The number of aryl methyl sites for hydroxylation is 1. The Morgan fingerprint density at radius 3 is 2.68 bits per heavy atom. The highest BCUT2D eigenvalue weighted by atomic mass is 35.5. The molecule has 1 N–H and O–H groups in total. The lowest BCUT2D eigenvalue weighted by Crippen LogP contribution is -2.46. The van der Waals surface area contributed by atoms with Gasteiger partial charge in [-0.25, -0.2) is 9.79 Å². The highest BCUT2D eigenvalue weighted by Crippen LogP contribution is 2.34. The molecule has 3 aliphatic rings. The van der Waals surface area contributed by atoms with Gasteiger partial charge in [-0.3, -0.25) is 4.90 Å². The van der Waals surface area contributed by atoms with Crippen LogP contribution in [-0.4, -0.2) is 69.6 Å². The number of hydrogen-bond donors (Lipinski definition) is 1. The molecule has 41 heavy (non-hydrogen) atoms. The number of halogens is 2. The standard InChI is InChI=1S/C31H40Cl2N4O4/c1-22-17-23(18-22)20-34-31(38)41-21-40-29-10-8-24-7-9-25(19-27(24)35-29)39-16-3-2-11-36-12-14-37(15-13-36)28-6-4-5-26(32)30(28)33/h4-7,9,19,22-23H,2-3,8,10-18,20-21H2,1H3,(H,34,38). The molecule has 1 saturated heterocycles. The lowest BCUT2D eigenvalue weighted by atomic mass is 9.76. The van der Waals surface area contributed by atoms with Gasteiger partial charge in [-0.2, -0.15) is 0 Å². The van der Waals surface area contributed by atoms with Gasteiger partial charge in [-0.15, -0.1) is 0 Å². The van der Waals surface area contributed by atoms with Crippen LogP contribution < -0.4 is 15.0 Å². The second-order valence-electron chi connectivity index (χ2n) is 11.3. The van der Waals surface area contributed by atoms with E-state index in [9.17, 15) is 4.79 Å². The average Bonchev–Trinajstić information content (AvgIpc) is 2.96. The van der Waals surface area contributed by atoms with Gasteiger partial charge in [-0.1, -0.05) is 42.3 Å². The number of piperazine rings is 1. The number of amides is 1. The minimum Gasteiger partial charge on any atom is -0.494 e. The van der Waals surface area contributed by atoms with Gasteiger partial charge in [0.1, 0.15) is 5.75 Å². The number of fused-ring (bicyclic) bond motifs is 1. The van der Waals surface area contributed by atoms with Crippen molar-refractivity contribution in [2.75, 3.05) is 57.6 Å². The Morgan fingerprint density at radius 1 is 1.05 bits per heavy atom. The fourth-order valence-corrected chi connectivity index (χ4v) is 6.14. The number of anilines is 1. The van der Waals surface area contributed by atoms with Crippen LogP contribution in [0, 0.1) is 11.8 Å². The lowest BCUT2D eigenvalue weighted by Gasteiger charge is -2.36. The van der Waals surface area contributed by atoms with Crippen molar-refractivity contribution in [2.45, 2.75) is 45.4 Å². The number of nitrogens with one attached hydrogen (secondary N) is 1. The van der Waals surface area contributed by atoms with Crippen LogP contribution in [0.3, 0.4) is 0 Å². The van der Waals surface area contributed by atoms with Crippen molar-refractivity contribution < 1.29 is 19.0 Å². The third-order valence-corrected chi connectivity index (χ3v) is 8.92. The first-order chi connectivity index (χ1) is 19.9. The fraction of sp³-hybridized carbons (Fsp3) is 0.548. The molecular formula is C31H40Cl2N4O4. The van der Waals surface area contributed by atoms with E-state index in [2.05, 4.69) is 33.1 Å². The van der Waals surface area contributed by atoms with Crippen molar-refractivity contribution in [3.8, 4) is 5.75 Å². The number of carbonyl (C=O) groups excluding carboxylic acids is 1. The molecule has 2 aromatic carbocycles. The van der Waals surface area contributed by atoms with Crippen LogP contribution >= 0.6 is 23.2 Å². The first-order valence-electron chi connectivity index (χ1n) is 14.7. The average molecular weight is 604 g/mol. The highest BCUT2D eigenvalue weighted by molar-refractivity contribution is 6.43. The summed E-state index contributed by atoms with van der Waals surface area (Å²) in [5, 5.41) is 4.05. The maximum absolute atomic E-state index is 11.9. The van der Waals surface area contributed by atoms with E-state index in [0.29, 0.717) is 41.4 Å². The van der Waals surface area contributed by atoms with E-state index in [-0.39, 0.29) is 6.79 Å². The Balaban J connectivity index is 0.971. The predicted octanol–water partition coefficient (Wildman–Crippen LogP) is 6.70. The van der Waals surface area contributed by atoms with Crippen LogP contribution in [-0.2, 0) is 15.9 Å². The molecular weight excluding hydrogens is 563 g/mol. The largest absolute Gasteiger partial charge is 0.494 e. The molecule has 0 spiro atoms. The molecule has 8 nitrogen and oxygen atoms in total. The molecule has 0 bridgehead atoms. The van der Waals surface area contributed by atoms with E-state index in [1.54, 1.807) is 0 Å². The number of rotatable bonds is 11. The monoisotopic (exact) mass is 602 g/mol. The number of aliphatic imine (C=N–C) groups is 1. The van der Waals surface area contributed by atoms with Gasteiger partial charge < -0.3 is 24.4 Å². The molecule has 1 amide bonds. The summed E-state index contributed by atoms with van der Waals surface area (Å²) in [7, 11) is 0. The summed E-state index contributed by atoms with van der Waals surface area (Å²) in [6.45, 7) is 8.36.